The molecular formula is C24H33FO3. The van der Waals surface area contributed by atoms with E-state index >= 15 is 0 Å². The molecule has 0 saturated carbocycles. The fourth-order valence-electron chi connectivity index (χ4n) is 3.83. The van der Waals surface area contributed by atoms with Crippen molar-refractivity contribution < 1.29 is 18.6 Å². The third kappa shape index (κ3) is 5.12. The van der Waals surface area contributed by atoms with E-state index in [0.29, 0.717) is 23.8 Å². The molecule has 0 radical (unpaired) electrons. The second kappa shape index (κ2) is 9.53. The van der Waals surface area contributed by atoms with Gasteiger partial charge in [-0.2, -0.15) is 0 Å². The SMILES string of the molecule is COCC(C)(C)C(OC)c1cc(CC(C)C)ccc1-c1cc(OC)ccc1F. The van der Waals surface area contributed by atoms with Gasteiger partial charge in [-0.3, -0.25) is 0 Å². The maximum Gasteiger partial charge on any atom is 0.131 e. The summed E-state index contributed by atoms with van der Waals surface area (Å²) in [5, 5.41) is 0. The van der Waals surface area contributed by atoms with Crippen LogP contribution in [0.15, 0.2) is 36.4 Å². The lowest BCUT2D eigenvalue weighted by atomic mass is 9.79. The molecule has 0 N–H and O–H groups in total. The van der Waals surface area contributed by atoms with Crippen LogP contribution in [0.5, 0.6) is 5.75 Å². The summed E-state index contributed by atoms with van der Waals surface area (Å²) in [7, 11) is 4.97. The van der Waals surface area contributed by atoms with Gasteiger partial charge in [-0.25, -0.2) is 4.39 Å². The van der Waals surface area contributed by atoms with Gasteiger partial charge in [-0.1, -0.05) is 45.9 Å². The Bertz CT molecular complexity index is 783. The highest BCUT2D eigenvalue weighted by Crippen LogP contribution is 2.42. The van der Waals surface area contributed by atoms with Gasteiger partial charge in [0.15, 0.2) is 0 Å². The van der Waals surface area contributed by atoms with E-state index in [9.17, 15) is 4.39 Å². The highest BCUT2D eigenvalue weighted by molar-refractivity contribution is 5.70. The zero-order chi connectivity index (χ0) is 20.9. The quantitative estimate of drug-likeness (QED) is 0.522. The number of rotatable bonds is 9. The monoisotopic (exact) mass is 388 g/mol. The molecule has 0 spiro atoms. The zero-order valence-electron chi connectivity index (χ0n) is 18.1. The van der Waals surface area contributed by atoms with Gasteiger partial charge in [0.1, 0.15) is 11.6 Å². The fraction of sp³-hybridized carbons (Fsp3) is 0.500. The lowest BCUT2D eigenvalue weighted by Crippen LogP contribution is -2.29. The summed E-state index contributed by atoms with van der Waals surface area (Å²) in [5.74, 6) is 0.872. The predicted molar refractivity (Wildman–Crippen MR) is 112 cm³/mol. The Morgan fingerprint density at radius 1 is 0.964 bits per heavy atom. The minimum Gasteiger partial charge on any atom is -0.497 e. The average Bonchev–Trinajstić information content (AvgIpc) is 2.62. The van der Waals surface area contributed by atoms with Crippen LogP contribution in [0, 0.1) is 17.2 Å². The van der Waals surface area contributed by atoms with Crippen molar-refractivity contribution in [3.63, 3.8) is 0 Å². The van der Waals surface area contributed by atoms with E-state index in [1.54, 1.807) is 33.5 Å². The minimum absolute atomic E-state index is 0.250. The molecule has 0 saturated heterocycles. The fourth-order valence-corrected chi connectivity index (χ4v) is 3.83. The predicted octanol–water partition coefficient (Wildman–Crippen LogP) is 6.06. The summed E-state index contributed by atoms with van der Waals surface area (Å²) in [6.45, 7) is 9.12. The first-order chi connectivity index (χ1) is 13.2. The first-order valence-corrected chi connectivity index (χ1v) is 9.72. The maximum absolute atomic E-state index is 14.8. The van der Waals surface area contributed by atoms with Crippen LogP contribution >= 0.6 is 0 Å². The Labute approximate surface area is 168 Å². The van der Waals surface area contributed by atoms with Crippen LogP contribution in [0.1, 0.15) is 44.9 Å². The Kier molecular flexibility index (Phi) is 7.62. The summed E-state index contributed by atoms with van der Waals surface area (Å²) >= 11 is 0. The van der Waals surface area contributed by atoms with Crippen molar-refractivity contribution in [2.24, 2.45) is 11.3 Å². The minimum atomic E-state index is -0.288. The van der Waals surface area contributed by atoms with Gasteiger partial charge in [-0.05, 0) is 47.2 Å². The van der Waals surface area contributed by atoms with E-state index in [-0.39, 0.29) is 17.3 Å². The highest BCUT2D eigenvalue weighted by atomic mass is 19.1. The molecule has 1 atom stereocenters. The van der Waals surface area contributed by atoms with E-state index in [1.807, 2.05) is 6.07 Å². The second-order valence-corrected chi connectivity index (χ2v) is 8.40. The summed E-state index contributed by atoms with van der Waals surface area (Å²) in [5.41, 5.74) is 3.23. The normalized spacial score (nSPS) is 13.0. The largest absolute Gasteiger partial charge is 0.497 e. The van der Waals surface area contributed by atoms with Crippen LogP contribution in [0.25, 0.3) is 11.1 Å². The summed E-state index contributed by atoms with van der Waals surface area (Å²) in [4.78, 5) is 0. The van der Waals surface area contributed by atoms with E-state index in [2.05, 4.69) is 39.8 Å². The van der Waals surface area contributed by atoms with Crippen LogP contribution in [-0.4, -0.2) is 27.9 Å². The van der Waals surface area contributed by atoms with E-state index < -0.39 is 0 Å². The standard InChI is InChI=1S/C24H33FO3/c1-16(2)12-17-8-10-19(20-14-18(27-6)9-11-22(20)25)21(13-17)23(28-7)24(3,4)15-26-5/h8-11,13-14,16,23H,12,15H2,1-7H3. The Hall–Kier alpha value is -1.91. The molecule has 4 heteroatoms. The Morgan fingerprint density at radius 2 is 1.68 bits per heavy atom. The molecular weight excluding hydrogens is 355 g/mol. The van der Waals surface area contributed by atoms with Gasteiger partial charge < -0.3 is 14.2 Å². The number of methoxy groups -OCH3 is 3. The molecule has 0 aromatic heterocycles. The molecule has 0 aliphatic heterocycles. The Morgan fingerprint density at radius 3 is 2.25 bits per heavy atom. The van der Waals surface area contributed by atoms with Gasteiger partial charge in [-0.15, -0.1) is 0 Å². The molecule has 0 bridgehead atoms. The van der Waals surface area contributed by atoms with Crippen molar-refractivity contribution in [1.82, 2.24) is 0 Å². The van der Waals surface area contributed by atoms with Crippen molar-refractivity contribution in [1.29, 1.82) is 0 Å². The molecule has 0 amide bonds. The topological polar surface area (TPSA) is 27.7 Å². The van der Waals surface area contributed by atoms with E-state index in [0.717, 1.165) is 17.5 Å². The van der Waals surface area contributed by atoms with E-state index in [1.165, 1.54) is 11.6 Å². The molecule has 3 nitrogen and oxygen atoms in total. The van der Waals surface area contributed by atoms with Crippen molar-refractivity contribution in [3.8, 4) is 16.9 Å². The molecule has 2 aromatic rings. The first kappa shape index (κ1) is 22.4. The first-order valence-electron chi connectivity index (χ1n) is 9.72. The lowest BCUT2D eigenvalue weighted by Gasteiger charge is -2.34. The van der Waals surface area contributed by atoms with Gasteiger partial charge in [0.2, 0.25) is 0 Å². The van der Waals surface area contributed by atoms with Gasteiger partial charge in [0.25, 0.3) is 0 Å². The van der Waals surface area contributed by atoms with Crippen molar-refractivity contribution in [2.45, 2.75) is 40.2 Å². The van der Waals surface area contributed by atoms with Gasteiger partial charge >= 0.3 is 0 Å². The smallest absolute Gasteiger partial charge is 0.131 e. The maximum atomic E-state index is 14.8. The molecule has 2 rings (SSSR count). The second-order valence-electron chi connectivity index (χ2n) is 8.40. The number of halogens is 1. The Balaban J connectivity index is 2.69. The van der Waals surface area contributed by atoms with Crippen LogP contribution in [0.3, 0.4) is 0 Å². The molecule has 0 heterocycles. The van der Waals surface area contributed by atoms with Crippen molar-refractivity contribution in [3.05, 3.63) is 53.3 Å². The molecule has 154 valence electrons. The average molecular weight is 389 g/mol. The summed E-state index contributed by atoms with van der Waals surface area (Å²) in [6.07, 6.45) is 0.704. The third-order valence-corrected chi connectivity index (χ3v) is 4.97. The van der Waals surface area contributed by atoms with Gasteiger partial charge in [0, 0.05) is 25.2 Å². The third-order valence-electron chi connectivity index (χ3n) is 4.97. The molecule has 0 fully saturated rings. The van der Waals surface area contributed by atoms with Crippen molar-refractivity contribution in [2.75, 3.05) is 27.9 Å². The van der Waals surface area contributed by atoms with Crippen LogP contribution in [0.2, 0.25) is 0 Å². The van der Waals surface area contributed by atoms with E-state index in [4.69, 9.17) is 14.2 Å². The molecule has 28 heavy (non-hydrogen) atoms. The number of hydrogen-bond donors (Lipinski definition) is 0. The van der Waals surface area contributed by atoms with Crippen LogP contribution in [-0.2, 0) is 15.9 Å². The van der Waals surface area contributed by atoms with Crippen molar-refractivity contribution >= 4 is 0 Å². The zero-order valence-corrected chi connectivity index (χ0v) is 18.1. The lowest BCUT2D eigenvalue weighted by molar-refractivity contribution is -0.0364. The van der Waals surface area contributed by atoms with Crippen LogP contribution < -0.4 is 4.74 Å². The summed E-state index contributed by atoms with van der Waals surface area (Å²) in [6, 6.07) is 11.1. The molecule has 2 aromatic carbocycles. The molecule has 1 unspecified atom stereocenters. The number of ether oxygens (including phenoxy) is 3. The summed E-state index contributed by atoms with van der Waals surface area (Å²) < 4.78 is 31.5. The molecule has 0 aliphatic rings. The van der Waals surface area contributed by atoms with Crippen LogP contribution in [0.4, 0.5) is 4.39 Å². The number of hydrogen-bond acceptors (Lipinski definition) is 3. The van der Waals surface area contributed by atoms with Gasteiger partial charge in [0.05, 0.1) is 19.8 Å². The highest BCUT2D eigenvalue weighted by Gasteiger charge is 2.33. The number of benzene rings is 2. The molecule has 0 aliphatic carbocycles.